The Morgan fingerprint density at radius 2 is 1.80 bits per heavy atom. The van der Waals surface area contributed by atoms with Gasteiger partial charge in [-0.3, -0.25) is 4.90 Å². The van der Waals surface area contributed by atoms with E-state index in [4.69, 9.17) is 25.8 Å². The average molecular weight is 425 g/mol. The summed E-state index contributed by atoms with van der Waals surface area (Å²) in [7, 11) is 0. The lowest BCUT2D eigenvalue weighted by molar-refractivity contribution is 0.174. The van der Waals surface area contributed by atoms with Gasteiger partial charge in [0.15, 0.2) is 11.5 Å². The third-order valence-electron chi connectivity index (χ3n) is 5.19. The molecular formula is C22H21ClN4O3. The van der Waals surface area contributed by atoms with Crippen molar-refractivity contribution in [3.63, 3.8) is 0 Å². The third-order valence-corrected chi connectivity index (χ3v) is 5.42. The van der Waals surface area contributed by atoms with Crippen LogP contribution in [-0.4, -0.2) is 47.8 Å². The molecule has 8 heteroatoms. The fourth-order valence-corrected chi connectivity index (χ4v) is 3.82. The number of anilines is 1. The first-order valence-electron chi connectivity index (χ1n) is 9.84. The fraction of sp³-hybridized carbons (Fsp3) is 0.273. The Morgan fingerprint density at radius 3 is 2.67 bits per heavy atom. The van der Waals surface area contributed by atoms with E-state index in [-0.39, 0.29) is 0 Å². The molecule has 0 amide bonds. The van der Waals surface area contributed by atoms with Gasteiger partial charge in [-0.05, 0) is 35.9 Å². The van der Waals surface area contributed by atoms with Crippen molar-refractivity contribution in [3.8, 4) is 23.1 Å². The third kappa shape index (κ3) is 4.27. The highest BCUT2D eigenvalue weighted by molar-refractivity contribution is 6.30. The van der Waals surface area contributed by atoms with Crippen LogP contribution in [0.1, 0.15) is 5.56 Å². The number of hydrogen-bond acceptors (Lipinski definition) is 7. The number of benzene rings is 2. The molecule has 7 nitrogen and oxygen atoms in total. The molecule has 2 aliphatic rings. The summed E-state index contributed by atoms with van der Waals surface area (Å²) < 4.78 is 16.7. The van der Waals surface area contributed by atoms with Crippen LogP contribution < -0.4 is 19.1 Å². The first-order chi connectivity index (χ1) is 14.7. The molecule has 2 aliphatic heterocycles. The normalized spacial score (nSPS) is 16.0. The van der Waals surface area contributed by atoms with Gasteiger partial charge < -0.3 is 19.1 Å². The zero-order chi connectivity index (χ0) is 20.3. The van der Waals surface area contributed by atoms with Crippen molar-refractivity contribution in [1.82, 2.24) is 14.9 Å². The first-order valence-corrected chi connectivity index (χ1v) is 10.2. The molecule has 2 aromatic carbocycles. The predicted molar refractivity (Wildman–Crippen MR) is 114 cm³/mol. The van der Waals surface area contributed by atoms with Crippen LogP contribution in [-0.2, 0) is 6.54 Å². The molecule has 1 aromatic heterocycles. The number of ether oxygens (including phenoxy) is 3. The minimum atomic E-state index is 0.305. The quantitative estimate of drug-likeness (QED) is 0.614. The van der Waals surface area contributed by atoms with E-state index < -0.39 is 0 Å². The number of nitrogens with zero attached hydrogens (tertiary/aromatic N) is 4. The number of fused-ring (bicyclic) bond motifs is 1. The molecule has 0 spiro atoms. The Morgan fingerprint density at radius 1 is 0.933 bits per heavy atom. The molecule has 30 heavy (non-hydrogen) atoms. The van der Waals surface area contributed by atoms with Gasteiger partial charge in [0.25, 0.3) is 0 Å². The Balaban J connectivity index is 1.19. The van der Waals surface area contributed by atoms with Crippen LogP contribution in [0.4, 0.5) is 5.82 Å². The lowest BCUT2D eigenvalue weighted by Crippen LogP contribution is -2.46. The highest BCUT2D eigenvalue weighted by Gasteiger charge is 2.20. The summed E-state index contributed by atoms with van der Waals surface area (Å²) in [6, 6.07) is 15.3. The molecule has 5 rings (SSSR count). The van der Waals surface area contributed by atoms with Gasteiger partial charge >= 0.3 is 0 Å². The second-order valence-corrected chi connectivity index (χ2v) is 7.66. The van der Waals surface area contributed by atoms with E-state index >= 15 is 0 Å². The number of piperazine rings is 1. The van der Waals surface area contributed by atoms with Gasteiger partial charge in [-0.1, -0.05) is 23.7 Å². The zero-order valence-electron chi connectivity index (χ0n) is 16.3. The Kier molecular flexibility index (Phi) is 5.29. The highest BCUT2D eigenvalue weighted by atomic mass is 35.5. The van der Waals surface area contributed by atoms with Crippen molar-refractivity contribution in [2.75, 3.05) is 37.9 Å². The Bertz CT molecular complexity index is 1040. The van der Waals surface area contributed by atoms with Crippen molar-refractivity contribution >= 4 is 17.4 Å². The van der Waals surface area contributed by atoms with Crippen LogP contribution in [0.25, 0.3) is 0 Å². The van der Waals surface area contributed by atoms with Crippen molar-refractivity contribution in [3.05, 3.63) is 65.4 Å². The van der Waals surface area contributed by atoms with Crippen LogP contribution in [0.15, 0.2) is 54.9 Å². The number of rotatable bonds is 5. The summed E-state index contributed by atoms with van der Waals surface area (Å²) in [6.45, 7) is 4.86. The molecule has 0 bridgehead atoms. The van der Waals surface area contributed by atoms with E-state index in [0.717, 1.165) is 50.0 Å². The predicted octanol–water partition coefficient (Wildman–Crippen LogP) is 3.97. The molecular weight excluding hydrogens is 404 g/mol. The number of aromatic nitrogens is 2. The van der Waals surface area contributed by atoms with Crippen molar-refractivity contribution in [1.29, 1.82) is 0 Å². The van der Waals surface area contributed by atoms with Crippen LogP contribution in [0.3, 0.4) is 0 Å². The summed E-state index contributed by atoms with van der Waals surface area (Å²) >= 11 is 6.02. The maximum absolute atomic E-state index is 6.02. The molecule has 0 radical (unpaired) electrons. The second-order valence-electron chi connectivity index (χ2n) is 7.22. The molecule has 0 saturated carbocycles. The van der Waals surface area contributed by atoms with E-state index in [9.17, 15) is 0 Å². The van der Waals surface area contributed by atoms with Crippen LogP contribution >= 0.6 is 11.6 Å². The van der Waals surface area contributed by atoms with Gasteiger partial charge in [0.1, 0.15) is 17.9 Å². The van der Waals surface area contributed by atoms with Gasteiger partial charge in [-0.25, -0.2) is 9.97 Å². The van der Waals surface area contributed by atoms with E-state index in [1.165, 1.54) is 11.9 Å². The van der Waals surface area contributed by atoms with Crippen molar-refractivity contribution in [2.24, 2.45) is 0 Å². The summed E-state index contributed by atoms with van der Waals surface area (Å²) in [5.41, 5.74) is 1.23. The van der Waals surface area contributed by atoms with Crippen LogP contribution in [0.2, 0.25) is 5.02 Å². The van der Waals surface area contributed by atoms with E-state index in [0.29, 0.717) is 23.4 Å². The SMILES string of the molecule is Clc1cccc(Oc2cc(N3CCN(Cc4ccc5c(c4)OCO5)CC3)ncn2)c1. The second kappa shape index (κ2) is 8.38. The minimum absolute atomic E-state index is 0.305. The average Bonchev–Trinajstić information content (AvgIpc) is 3.22. The highest BCUT2D eigenvalue weighted by Crippen LogP contribution is 2.33. The monoisotopic (exact) mass is 424 g/mol. The Labute approximate surface area is 179 Å². The lowest BCUT2D eigenvalue weighted by Gasteiger charge is -2.35. The Hall–Kier alpha value is -3.03. The minimum Gasteiger partial charge on any atom is -0.454 e. The van der Waals surface area contributed by atoms with Gasteiger partial charge in [0.05, 0.1) is 0 Å². The molecule has 0 unspecified atom stereocenters. The molecule has 0 N–H and O–H groups in total. The lowest BCUT2D eigenvalue weighted by atomic mass is 10.1. The fourth-order valence-electron chi connectivity index (χ4n) is 3.64. The summed E-state index contributed by atoms with van der Waals surface area (Å²) in [5.74, 6) is 3.68. The van der Waals surface area contributed by atoms with Gasteiger partial charge in [0.2, 0.25) is 12.7 Å². The van der Waals surface area contributed by atoms with Crippen LogP contribution in [0, 0.1) is 0 Å². The topological polar surface area (TPSA) is 60.0 Å². The molecule has 0 aliphatic carbocycles. The maximum Gasteiger partial charge on any atom is 0.231 e. The molecule has 3 aromatic rings. The smallest absolute Gasteiger partial charge is 0.231 e. The molecule has 154 valence electrons. The largest absolute Gasteiger partial charge is 0.454 e. The van der Waals surface area contributed by atoms with E-state index in [1.54, 1.807) is 6.07 Å². The molecule has 0 atom stereocenters. The standard InChI is InChI=1S/C22H21ClN4O3/c23-17-2-1-3-18(11-17)30-22-12-21(24-14-25-22)27-8-6-26(7-9-27)13-16-4-5-19-20(10-16)29-15-28-19/h1-5,10-12,14H,6-9,13,15H2. The van der Waals surface area contributed by atoms with E-state index in [2.05, 4.69) is 31.9 Å². The number of halogens is 1. The van der Waals surface area contributed by atoms with Crippen LogP contribution in [0.5, 0.6) is 23.1 Å². The molecule has 1 saturated heterocycles. The maximum atomic E-state index is 6.02. The number of hydrogen-bond donors (Lipinski definition) is 0. The summed E-state index contributed by atoms with van der Waals surface area (Å²) in [4.78, 5) is 13.3. The van der Waals surface area contributed by atoms with Gasteiger partial charge in [-0.2, -0.15) is 0 Å². The van der Waals surface area contributed by atoms with Gasteiger partial charge in [-0.15, -0.1) is 0 Å². The molecule has 3 heterocycles. The summed E-state index contributed by atoms with van der Waals surface area (Å²) in [5, 5.41) is 0.625. The summed E-state index contributed by atoms with van der Waals surface area (Å²) in [6.07, 6.45) is 1.54. The zero-order valence-corrected chi connectivity index (χ0v) is 17.1. The van der Waals surface area contributed by atoms with Crippen molar-refractivity contribution < 1.29 is 14.2 Å². The molecule has 1 fully saturated rings. The van der Waals surface area contributed by atoms with Gasteiger partial charge in [0, 0.05) is 43.8 Å². The van der Waals surface area contributed by atoms with E-state index in [1.807, 2.05) is 30.3 Å². The van der Waals surface area contributed by atoms with Crippen molar-refractivity contribution in [2.45, 2.75) is 6.54 Å². The first kappa shape index (κ1) is 19.0.